The summed E-state index contributed by atoms with van der Waals surface area (Å²) in [6, 6.07) is 23.7. The zero-order chi connectivity index (χ0) is 24.9. The van der Waals surface area contributed by atoms with E-state index in [0.717, 1.165) is 41.5 Å². The van der Waals surface area contributed by atoms with E-state index in [0.29, 0.717) is 5.15 Å². The molecule has 6 heteroatoms. The van der Waals surface area contributed by atoms with Crippen molar-refractivity contribution >= 4 is 11.6 Å². The van der Waals surface area contributed by atoms with Crippen LogP contribution >= 0.6 is 11.6 Å². The van der Waals surface area contributed by atoms with Crippen molar-refractivity contribution < 1.29 is 14.2 Å². The van der Waals surface area contributed by atoms with Crippen LogP contribution < -0.4 is 9.47 Å². The summed E-state index contributed by atoms with van der Waals surface area (Å²) < 4.78 is 15.2. The van der Waals surface area contributed by atoms with Crippen molar-refractivity contribution in [1.29, 1.82) is 0 Å². The van der Waals surface area contributed by atoms with Crippen molar-refractivity contribution in [2.75, 3.05) is 27.4 Å². The van der Waals surface area contributed by atoms with E-state index in [1.807, 2.05) is 79.9 Å². The second kappa shape index (κ2) is 14.1. The molecule has 0 aliphatic carbocycles. The molecule has 1 aliphatic heterocycles. The number of aryl methyl sites for hydroxylation is 1. The van der Waals surface area contributed by atoms with Gasteiger partial charge in [-0.1, -0.05) is 35.9 Å². The van der Waals surface area contributed by atoms with E-state index in [2.05, 4.69) is 16.0 Å². The summed E-state index contributed by atoms with van der Waals surface area (Å²) in [7, 11) is 3.32. The Morgan fingerprint density at radius 3 is 1.54 bits per heavy atom. The molecule has 1 aliphatic rings. The molecule has 2 aromatic carbocycles. The molecule has 0 spiro atoms. The highest BCUT2D eigenvalue weighted by atomic mass is 35.5. The van der Waals surface area contributed by atoms with Crippen LogP contribution in [0.25, 0.3) is 22.3 Å². The molecule has 5 rings (SSSR count). The summed E-state index contributed by atoms with van der Waals surface area (Å²) in [5, 5.41) is 0.503. The monoisotopic (exact) mass is 490 g/mol. The highest BCUT2D eigenvalue weighted by Crippen LogP contribution is 2.24. The van der Waals surface area contributed by atoms with Gasteiger partial charge in [0.1, 0.15) is 16.7 Å². The number of hydrogen-bond acceptors (Lipinski definition) is 5. The summed E-state index contributed by atoms with van der Waals surface area (Å²) in [5.74, 6) is 1.73. The summed E-state index contributed by atoms with van der Waals surface area (Å²) in [6.07, 6.45) is 6.08. The van der Waals surface area contributed by atoms with Crippen LogP contribution in [0.1, 0.15) is 18.5 Å². The Morgan fingerprint density at radius 2 is 1.14 bits per heavy atom. The minimum atomic E-state index is 0.503. The number of aromatic nitrogens is 2. The largest absolute Gasteiger partial charge is 0.497 e. The van der Waals surface area contributed by atoms with Crippen molar-refractivity contribution in [3.8, 4) is 33.8 Å². The van der Waals surface area contributed by atoms with Gasteiger partial charge in [0.2, 0.25) is 0 Å². The Balaban J connectivity index is 0.000000163. The lowest BCUT2D eigenvalue weighted by molar-refractivity contribution is 0.198. The molecule has 0 bridgehead atoms. The third-order valence-electron chi connectivity index (χ3n) is 5.30. The number of ether oxygens (including phenoxy) is 3. The topological polar surface area (TPSA) is 53.5 Å². The van der Waals surface area contributed by atoms with Crippen LogP contribution in [0.3, 0.4) is 0 Å². The highest BCUT2D eigenvalue weighted by molar-refractivity contribution is 6.29. The zero-order valence-electron chi connectivity index (χ0n) is 20.4. The predicted molar refractivity (Wildman–Crippen MR) is 142 cm³/mol. The lowest BCUT2D eigenvalue weighted by atomic mass is 10.1. The first-order valence-corrected chi connectivity index (χ1v) is 11.9. The van der Waals surface area contributed by atoms with Crippen molar-refractivity contribution in [3.05, 3.63) is 96.0 Å². The lowest BCUT2D eigenvalue weighted by Gasteiger charge is -2.04. The van der Waals surface area contributed by atoms with Crippen LogP contribution in [0.5, 0.6) is 11.5 Å². The van der Waals surface area contributed by atoms with E-state index in [-0.39, 0.29) is 0 Å². The molecule has 0 atom stereocenters. The Hall–Kier alpha value is -3.41. The fourth-order valence-corrected chi connectivity index (χ4v) is 3.56. The first kappa shape index (κ1) is 26.2. The predicted octanol–water partition coefficient (Wildman–Crippen LogP) is 7.27. The van der Waals surface area contributed by atoms with Crippen molar-refractivity contribution in [2.24, 2.45) is 0 Å². The fraction of sp³-hybridized carbons (Fsp3) is 0.241. The van der Waals surface area contributed by atoms with Crippen molar-refractivity contribution in [3.63, 3.8) is 0 Å². The molecule has 3 heterocycles. The Morgan fingerprint density at radius 1 is 0.657 bits per heavy atom. The van der Waals surface area contributed by atoms with Gasteiger partial charge in [-0.25, -0.2) is 4.98 Å². The van der Waals surface area contributed by atoms with Crippen LogP contribution in [0.4, 0.5) is 0 Å². The fourth-order valence-electron chi connectivity index (χ4n) is 3.38. The van der Waals surface area contributed by atoms with Crippen LogP contribution in [0.2, 0.25) is 5.15 Å². The number of pyridine rings is 2. The van der Waals surface area contributed by atoms with E-state index in [4.69, 9.17) is 25.8 Å². The van der Waals surface area contributed by atoms with Gasteiger partial charge in [-0.2, -0.15) is 0 Å². The second-order valence-corrected chi connectivity index (χ2v) is 8.22. The first-order valence-electron chi connectivity index (χ1n) is 11.5. The quantitative estimate of drug-likeness (QED) is 0.281. The maximum Gasteiger partial charge on any atom is 0.129 e. The molecule has 0 saturated carbocycles. The van der Waals surface area contributed by atoms with Crippen LogP contribution in [-0.2, 0) is 4.74 Å². The van der Waals surface area contributed by atoms with Gasteiger partial charge in [0.25, 0.3) is 0 Å². The van der Waals surface area contributed by atoms with Gasteiger partial charge in [-0.05, 0) is 90.6 Å². The minimum Gasteiger partial charge on any atom is -0.497 e. The maximum absolute atomic E-state index is 5.82. The third-order valence-corrected chi connectivity index (χ3v) is 5.50. The molecular weight excluding hydrogens is 460 g/mol. The number of halogens is 1. The van der Waals surface area contributed by atoms with Crippen molar-refractivity contribution in [1.82, 2.24) is 9.97 Å². The Labute approximate surface area is 212 Å². The van der Waals surface area contributed by atoms with E-state index in [1.165, 1.54) is 24.0 Å². The zero-order valence-corrected chi connectivity index (χ0v) is 21.2. The SMILES string of the molecule is C1CCOC1.COc1ccc(-c2ccnc(C)c2)cc1.COc1ccc(-c2ccnc(Cl)c2)cc1. The summed E-state index contributed by atoms with van der Waals surface area (Å²) in [6.45, 7) is 3.99. The molecule has 0 amide bonds. The standard InChI is InChI=1S/C13H13NO.C12H10ClNO.C4H8O/c1-10-9-12(7-8-14-10)11-3-5-13(15-2)6-4-11;1-15-11-4-2-9(3-5-11)10-6-7-14-12(13)8-10;1-2-4-5-3-1/h3-9H,1-2H3;2-8H,1H3;1-4H2. The van der Waals surface area contributed by atoms with Crippen LogP contribution in [0, 0.1) is 6.92 Å². The van der Waals surface area contributed by atoms with Gasteiger partial charge in [0.15, 0.2) is 0 Å². The molecule has 5 nitrogen and oxygen atoms in total. The van der Waals surface area contributed by atoms with E-state index >= 15 is 0 Å². The number of hydrogen-bond donors (Lipinski definition) is 0. The average molecular weight is 491 g/mol. The maximum atomic E-state index is 5.82. The summed E-state index contributed by atoms with van der Waals surface area (Å²) in [5.41, 5.74) is 5.55. The number of methoxy groups -OCH3 is 2. The van der Waals surface area contributed by atoms with Gasteiger partial charge >= 0.3 is 0 Å². The Kier molecular flexibility index (Phi) is 10.6. The molecule has 182 valence electrons. The molecular formula is C29H31ClN2O3. The minimum absolute atomic E-state index is 0.503. The second-order valence-electron chi connectivity index (χ2n) is 7.83. The number of rotatable bonds is 4. The third kappa shape index (κ3) is 8.71. The molecule has 2 aromatic heterocycles. The molecule has 0 N–H and O–H groups in total. The van der Waals surface area contributed by atoms with Gasteiger partial charge in [-0.3, -0.25) is 4.98 Å². The summed E-state index contributed by atoms with van der Waals surface area (Å²) in [4.78, 5) is 8.11. The van der Waals surface area contributed by atoms with Crippen LogP contribution in [0.15, 0.2) is 85.2 Å². The molecule has 35 heavy (non-hydrogen) atoms. The van der Waals surface area contributed by atoms with Gasteiger partial charge < -0.3 is 14.2 Å². The van der Waals surface area contributed by atoms with Gasteiger partial charge in [0.05, 0.1) is 14.2 Å². The smallest absolute Gasteiger partial charge is 0.129 e. The van der Waals surface area contributed by atoms with E-state index in [1.54, 1.807) is 20.4 Å². The summed E-state index contributed by atoms with van der Waals surface area (Å²) >= 11 is 5.82. The molecule has 1 fully saturated rings. The normalized spacial score (nSPS) is 12.0. The highest BCUT2D eigenvalue weighted by Gasteiger charge is 2.00. The number of benzene rings is 2. The van der Waals surface area contributed by atoms with Crippen LogP contribution in [-0.4, -0.2) is 37.4 Å². The van der Waals surface area contributed by atoms with E-state index in [9.17, 15) is 0 Å². The molecule has 4 aromatic rings. The molecule has 0 unspecified atom stereocenters. The number of nitrogens with zero attached hydrogens (tertiary/aromatic N) is 2. The molecule has 1 saturated heterocycles. The Bertz CT molecular complexity index is 1060. The van der Waals surface area contributed by atoms with Gasteiger partial charge in [-0.15, -0.1) is 0 Å². The first-order chi connectivity index (χ1) is 17.1. The van der Waals surface area contributed by atoms with Gasteiger partial charge in [0, 0.05) is 31.3 Å². The van der Waals surface area contributed by atoms with Crippen molar-refractivity contribution in [2.45, 2.75) is 19.8 Å². The van der Waals surface area contributed by atoms with E-state index < -0.39 is 0 Å². The average Bonchev–Trinajstić information content (AvgIpc) is 3.50. The lowest BCUT2D eigenvalue weighted by Crippen LogP contribution is -1.84. The molecule has 0 radical (unpaired) electrons.